The fourth-order valence-electron chi connectivity index (χ4n) is 2.33. The lowest BCUT2D eigenvalue weighted by Gasteiger charge is -2.43. The van der Waals surface area contributed by atoms with E-state index in [0.29, 0.717) is 0 Å². The Morgan fingerprint density at radius 3 is 2.61 bits per heavy atom. The summed E-state index contributed by atoms with van der Waals surface area (Å²) >= 11 is 1.31. The summed E-state index contributed by atoms with van der Waals surface area (Å²) in [5.41, 5.74) is 0. The standard InChI is InChI=1S/C10H12N2O5S/c1-10(2)6(9(16)17)12-7(15)5(8(12)18-10)11-4(14)3-13/h3,5-6,8H,1-2H3,(H,11,14)(H,16,17)/t5-,6+,8-/m1/s1. The molecule has 7 nitrogen and oxygen atoms in total. The minimum absolute atomic E-state index is 0.0926. The Kier molecular flexibility index (Phi) is 2.84. The van der Waals surface area contributed by atoms with Gasteiger partial charge in [0.05, 0.1) is 0 Å². The molecule has 3 atom stereocenters. The molecule has 2 fully saturated rings. The number of amides is 2. The van der Waals surface area contributed by atoms with Crippen LogP contribution in [0.3, 0.4) is 0 Å². The van der Waals surface area contributed by atoms with Gasteiger partial charge in [0, 0.05) is 4.75 Å². The molecule has 2 aliphatic heterocycles. The lowest BCUT2D eigenvalue weighted by Crippen LogP contribution is -2.70. The van der Waals surface area contributed by atoms with Crippen molar-refractivity contribution in [2.75, 3.05) is 0 Å². The number of hydrogen-bond acceptors (Lipinski definition) is 5. The minimum atomic E-state index is -1.07. The van der Waals surface area contributed by atoms with Crippen molar-refractivity contribution in [3.8, 4) is 0 Å². The summed E-state index contributed by atoms with van der Waals surface area (Å²) in [6.07, 6.45) is 0.0926. The second kappa shape index (κ2) is 3.98. The summed E-state index contributed by atoms with van der Waals surface area (Å²) in [7, 11) is 0. The molecule has 2 aliphatic rings. The molecule has 0 spiro atoms. The Balaban J connectivity index is 2.19. The molecule has 2 amide bonds. The zero-order valence-corrected chi connectivity index (χ0v) is 10.6. The highest BCUT2D eigenvalue weighted by Crippen LogP contribution is 2.50. The monoisotopic (exact) mass is 272 g/mol. The molecule has 18 heavy (non-hydrogen) atoms. The first-order chi connectivity index (χ1) is 8.29. The van der Waals surface area contributed by atoms with Crippen LogP contribution in [0.25, 0.3) is 0 Å². The molecule has 0 aliphatic carbocycles. The van der Waals surface area contributed by atoms with Gasteiger partial charge in [0.2, 0.25) is 12.2 Å². The van der Waals surface area contributed by atoms with E-state index in [1.54, 1.807) is 13.8 Å². The zero-order chi connectivity index (χ0) is 13.7. The third-order valence-corrected chi connectivity index (χ3v) is 4.65. The number of fused-ring (bicyclic) bond motifs is 1. The average molecular weight is 272 g/mol. The maximum atomic E-state index is 11.8. The molecular weight excluding hydrogens is 260 g/mol. The number of carboxylic acids is 1. The van der Waals surface area contributed by atoms with E-state index in [9.17, 15) is 19.2 Å². The summed E-state index contributed by atoms with van der Waals surface area (Å²) in [5.74, 6) is -2.39. The van der Waals surface area contributed by atoms with Gasteiger partial charge in [0.25, 0.3) is 5.91 Å². The van der Waals surface area contributed by atoms with Gasteiger partial charge < -0.3 is 15.3 Å². The Hall–Kier alpha value is -1.57. The Morgan fingerprint density at radius 1 is 1.50 bits per heavy atom. The topological polar surface area (TPSA) is 104 Å². The Morgan fingerprint density at radius 2 is 2.11 bits per heavy atom. The van der Waals surface area contributed by atoms with Crippen molar-refractivity contribution < 1.29 is 24.3 Å². The van der Waals surface area contributed by atoms with Crippen molar-refractivity contribution in [2.24, 2.45) is 0 Å². The average Bonchev–Trinajstić information content (AvgIpc) is 2.54. The first-order valence-electron chi connectivity index (χ1n) is 5.28. The Labute approximate surface area is 107 Å². The van der Waals surface area contributed by atoms with E-state index in [2.05, 4.69) is 5.32 Å². The van der Waals surface area contributed by atoms with Gasteiger partial charge in [-0.2, -0.15) is 0 Å². The van der Waals surface area contributed by atoms with Crippen molar-refractivity contribution in [3.63, 3.8) is 0 Å². The second-order valence-electron chi connectivity index (χ2n) is 4.70. The largest absolute Gasteiger partial charge is 0.480 e. The first kappa shape index (κ1) is 12.9. The number of thioether (sulfide) groups is 1. The third-order valence-electron chi connectivity index (χ3n) is 3.08. The van der Waals surface area contributed by atoms with Crippen LogP contribution >= 0.6 is 11.8 Å². The Bertz CT molecular complexity index is 450. The highest BCUT2D eigenvalue weighted by Gasteiger charge is 2.64. The third kappa shape index (κ3) is 1.67. The molecule has 0 bridgehead atoms. The highest BCUT2D eigenvalue weighted by molar-refractivity contribution is 8.01. The van der Waals surface area contributed by atoms with Crippen LogP contribution in [-0.2, 0) is 19.2 Å². The van der Waals surface area contributed by atoms with E-state index in [1.165, 1.54) is 16.7 Å². The van der Waals surface area contributed by atoms with Gasteiger partial charge >= 0.3 is 5.97 Å². The molecule has 98 valence electrons. The number of hydrogen-bond donors (Lipinski definition) is 2. The number of aldehydes is 1. The van der Waals surface area contributed by atoms with E-state index in [0.717, 1.165) is 0 Å². The molecule has 2 saturated heterocycles. The molecule has 0 unspecified atom stereocenters. The van der Waals surface area contributed by atoms with Crippen LogP contribution in [0, 0.1) is 0 Å². The zero-order valence-electron chi connectivity index (χ0n) is 9.75. The maximum absolute atomic E-state index is 11.8. The lowest BCUT2D eigenvalue weighted by molar-refractivity contribution is -0.161. The summed E-state index contributed by atoms with van der Waals surface area (Å²) in [6, 6.07) is -1.72. The highest BCUT2D eigenvalue weighted by atomic mass is 32.2. The molecule has 0 saturated carbocycles. The van der Waals surface area contributed by atoms with Crippen LogP contribution in [0.15, 0.2) is 0 Å². The van der Waals surface area contributed by atoms with Crippen molar-refractivity contribution in [1.82, 2.24) is 10.2 Å². The van der Waals surface area contributed by atoms with Gasteiger partial charge in [-0.3, -0.25) is 14.4 Å². The molecular formula is C10H12N2O5S. The number of β-lactam (4-membered cyclic amide) rings is 1. The van der Waals surface area contributed by atoms with Gasteiger partial charge in [-0.25, -0.2) is 4.79 Å². The molecule has 0 aromatic heterocycles. The van der Waals surface area contributed by atoms with Gasteiger partial charge in [0.15, 0.2) is 0 Å². The van der Waals surface area contributed by atoms with Gasteiger partial charge in [-0.15, -0.1) is 11.8 Å². The number of nitrogens with zero attached hydrogens (tertiary/aromatic N) is 1. The quantitative estimate of drug-likeness (QED) is 0.380. The number of rotatable bonds is 3. The van der Waals surface area contributed by atoms with Crippen LogP contribution in [0.2, 0.25) is 0 Å². The van der Waals surface area contributed by atoms with Crippen LogP contribution in [0.5, 0.6) is 0 Å². The fraction of sp³-hybridized carbons (Fsp3) is 0.600. The molecule has 2 N–H and O–H groups in total. The van der Waals surface area contributed by atoms with Crippen LogP contribution in [0.4, 0.5) is 0 Å². The van der Waals surface area contributed by atoms with Gasteiger partial charge in [-0.1, -0.05) is 0 Å². The van der Waals surface area contributed by atoms with Crippen LogP contribution < -0.4 is 5.32 Å². The molecule has 0 aromatic rings. The van der Waals surface area contributed by atoms with Crippen molar-refractivity contribution >= 4 is 35.8 Å². The number of aliphatic carboxylic acids is 1. The smallest absolute Gasteiger partial charge is 0.327 e. The van der Waals surface area contributed by atoms with Crippen molar-refractivity contribution in [1.29, 1.82) is 0 Å². The number of carboxylic acid groups (broad SMARTS) is 1. The molecule has 2 rings (SSSR count). The summed E-state index contributed by atoms with van der Waals surface area (Å²) in [4.78, 5) is 45.4. The first-order valence-corrected chi connectivity index (χ1v) is 6.16. The summed E-state index contributed by atoms with van der Waals surface area (Å²) in [5, 5.41) is 11.0. The number of carbonyl (C=O) groups excluding carboxylic acids is 3. The minimum Gasteiger partial charge on any atom is -0.480 e. The van der Waals surface area contributed by atoms with Crippen molar-refractivity contribution in [2.45, 2.75) is 36.1 Å². The molecule has 2 heterocycles. The second-order valence-corrected chi connectivity index (χ2v) is 6.47. The molecule has 8 heteroatoms. The van der Waals surface area contributed by atoms with Gasteiger partial charge in [-0.05, 0) is 13.8 Å². The van der Waals surface area contributed by atoms with Gasteiger partial charge in [0.1, 0.15) is 17.5 Å². The van der Waals surface area contributed by atoms with E-state index < -0.39 is 40.0 Å². The van der Waals surface area contributed by atoms with E-state index in [4.69, 9.17) is 5.11 Å². The summed E-state index contributed by atoms with van der Waals surface area (Å²) in [6.45, 7) is 3.47. The normalized spacial score (nSPS) is 32.4. The SMILES string of the molecule is CC1(C)S[C@@H]2[C@H](NC(=O)C=O)C(=O)N2[C@H]1C(=O)O. The fourth-order valence-corrected chi connectivity index (χ4v) is 3.96. The van der Waals surface area contributed by atoms with Crippen LogP contribution in [0.1, 0.15) is 13.8 Å². The van der Waals surface area contributed by atoms with E-state index >= 15 is 0 Å². The van der Waals surface area contributed by atoms with E-state index in [-0.39, 0.29) is 6.29 Å². The number of nitrogens with one attached hydrogen (secondary N) is 1. The maximum Gasteiger partial charge on any atom is 0.327 e. The van der Waals surface area contributed by atoms with E-state index in [1.807, 2.05) is 0 Å². The predicted molar refractivity (Wildman–Crippen MR) is 61.7 cm³/mol. The molecule has 0 aromatic carbocycles. The predicted octanol–water partition coefficient (Wildman–Crippen LogP) is -1.18. The number of carbonyl (C=O) groups is 4. The van der Waals surface area contributed by atoms with Crippen LogP contribution in [-0.4, -0.2) is 56.3 Å². The molecule has 0 radical (unpaired) electrons. The van der Waals surface area contributed by atoms with Crippen molar-refractivity contribution in [3.05, 3.63) is 0 Å². The summed E-state index contributed by atoms with van der Waals surface area (Å²) < 4.78 is -0.632. The lowest BCUT2D eigenvalue weighted by atomic mass is 9.96.